The Morgan fingerprint density at radius 1 is 1.11 bits per heavy atom. The lowest BCUT2D eigenvalue weighted by Crippen LogP contribution is -2.07. The van der Waals surface area contributed by atoms with Gasteiger partial charge >= 0.3 is 5.97 Å². The third kappa shape index (κ3) is 4.41. The molecule has 5 rings (SSSR count). The number of fused-ring (bicyclic) bond motifs is 1. The maximum absolute atomic E-state index is 12.6. The van der Waals surface area contributed by atoms with Gasteiger partial charge in [-0.15, -0.1) is 11.3 Å². The molecule has 0 bridgehead atoms. The Kier molecular flexibility index (Phi) is 6.38. The van der Waals surface area contributed by atoms with E-state index in [4.69, 9.17) is 21.1 Å². The van der Waals surface area contributed by atoms with E-state index in [9.17, 15) is 9.90 Å². The highest BCUT2D eigenvalue weighted by molar-refractivity contribution is 7.16. The van der Waals surface area contributed by atoms with Gasteiger partial charge in [0.05, 0.1) is 23.2 Å². The fourth-order valence-electron chi connectivity index (χ4n) is 4.00. The minimum Gasteiger partial charge on any atom is -0.506 e. The molecule has 36 heavy (non-hydrogen) atoms. The van der Waals surface area contributed by atoms with Gasteiger partial charge in [-0.2, -0.15) is 0 Å². The minimum absolute atomic E-state index is 0.0324. The predicted octanol–water partition coefficient (Wildman–Crippen LogP) is 6.74. The van der Waals surface area contributed by atoms with E-state index in [-0.39, 0.29) is 10.8 Å². The molecular weight excluding hydrogens is 498 g/mol. The summed E-state index contributed by atoms with van der Waals surface area (Å²) < 4.78 is 13.0. The van der Waals surface area contributed by atoms with Crippen molar-refractivity contribution in [1.29, 1.82) is 0 Å². The van der Waals surface area contributed by atoms with E-state index in [2.05, 4.69) is 9.97 Å². The van der Waals surface area contributed by atoms with Crippen LogP contribution in [0, 0.1) is 6.92 Å². The average Bonchev–Trinajstić information content (AvgIpc) is 3.48. The van der Waals surface area contributed by atoms with Crippen LogP contribution in [0.3, 0.4) is 0 Å². The van der Waals surface area contributed by atoms with Crippen LogP contribution in [0.5, 0.6) is 11.5 Å². The van der Waals surface area contributed by atoms with Gasteiger partial charge in [-0.05, 0) is 55.3 Å². The van der Waals surface area contributed by atoms with E-state index in [1.165, 1.54) is 24.5 Å². The van der Waals surface area contributed by atoms with Gasteiger partial charge in [-0.1, -0.05) is 29.8 Å². The molecule has 0 aliphatic heterocycles. The normalized spacial score (nSPS) is 12.0. The third-order valence-corrected chi connectivity index (χ3v) is 7.33. The van der Waals surface area contributed by atoms with Crippen LogP contribution in [-0.2, 0) is 4.74 Å². The van der Waals surface area contributed by atoms with Gasteiger partial charge in [-0.25, -0.2) is 9.78 Å². The van der Waals surface area contributed by atoms with E-state index < -0.39 is 12.1 Å². The van der Waals surface area contributed by atoms with Crippen molar-refractivity contribution < 1.29 is 19.4 Å². The Bertz CT molecular complexity index is 1590. The van der Waals surface area contributed by atoms with Crippen molar-refractivity contribution in [2.45, 2.75) is 20.0 Å². The largest absolute Gasteiger partial charge is 0.506 e. The van der Waals surface area contributed by atoms with Gasteiger partial charge in [0.25, 0.3) is 0 Å². The predicted molar refractivity (Wildman–Crippen MR) is 140 cm³/mol. The monoisotopic (exact) mass is 519 g/mol. The number of methoxy groups -OCH3 is 1. The van der Waals surface area contributed by atoms with Gasteiger partial charge in [0.2, 0.25) is 0 Å². The molecule has 0 aliphatic carbocycles. The Balaban J connectivity index is 1.52. The highest BCUT2D eigenvalue weighted by Crippen LogP contribution is 2.39. The molecule has 1 N–H and O–H groups in total. The zero-order chi connectivity index (χ0) is 25.4. The number of thiophene rings is 1. The van der Waals surface area contributed by atoms with Crippen molar-refractivity contribution in [1.82, 2.24) is 14.5 Å². The third-order valence-electron chi connectivity index (χ3n) is 5.82. The summed E-state index contributed by atoms with van der Waals surface area (Å²) in [7, 11) is 1.33. The number of phenolic OH excluding ortho intramolecular Hbond substituents is 1. The molecule has 3 aromatic heterocycles. The average molecular weight is 520 g/mol. The molecule has 2 aromatic carbocycles. The molecule has 0 aliphatic rings. The van der Waals surface area contributed by atoms with Crippen molar-refractivity contribution in [3.8, 4) is 27.6 Å². The summed E-state index contributed by atoms with van der Waals surface area (Å²) in [6, 6.07) is 16.8. The van der Waals surface area contributed by atoms with Crippen molar-refractivity contribution in [2.24, 2.45) is 0 Å². The van der Waals surface area contributed by atoms with Crippen molar-refractivity contribution in [3.63, 3.8) is 0 Å². The van der Waals surface area contributed by atoms with Gasteiger partial charge in [0.1, 0.15) is 28.9 Å². The summed E-state index contributed by atoms with van der Waals surface area (Å²) in [5.74, 6) is -0.176. The number of nitrogens with zero attached hydrogens (tertiary/aromatic N) is 3. The molecule has 5 aromatic rings. The zero-order valence-electron chi connectivity index (χ0n) is 19.7. The molecule has 0 saturated heterocycles. The fourth-order valence-corrected chi connectivity index (χ4v) is 5.27. The van der Waals surface area contributed by atoms with Crippen molar-refractivity contribution in [3.05, 3.63) is 88.3 Å². The SMILES string of the molecule is COC(=O)c1sc(-n2cnc3cc(-c4ccnc(C)c4)ccc32)cc1OC(C)c1cccc(O)c1Cl. The molecule has 3 heterocycles. The Labute approximate surface area is 216 Å². The molecule has 0 radical (unpaired) electrons. The van der Waals surface area contributed by atoms with Crippen LogP contribution in [-0.4, -0.2) is 32.7 Å². The van der Waals surface area contributed by atoms with Crippen LogP contribution in [0.4, 0.5) is 0 Å². The first-order valence-corrected chi connectivity index (χ1v) is 12.3. The lowest BCUT2D eigenvalue weighted by atomic mass is 10.1. The second kappa shape index (κ2) is 9.64. The van der Waals surface area contributed by atoms with E-state index in [0.29, 0.717) is 16.2 Å². The smallest absolute Gasteiger partial charge is 0.351 e. The Hall–Kier alpha value is -3.88. The van der Waals surface area contributed by atoms with E-state index in [1.54, 1.807) is 37.6 Å². The summed E-state index contributed by atoms with van der Waals surface area (Å²) in [5, 5.41) is 10.9. The number of rotatable bonds is 6. The van der Waals surface area contributed by atoms with Crippen molar-refractivity contribution >= 4 is 39.9 Å². The molecule has 9 heteroatoms. The molecule has 1 atom stereocenters. The number of imidazole rings is 1. The van der Waals surface area contributed by atoms with Gasteiger partial charge in [0.15, 0.2) is 4.88 Å². The molecule has 0 saturated carbocycles. The van der Waals surface area contributed by atoms with Crippen molar-refractivity contribution in [2.75, 3.05) is 7.11 Å². The van der Waals surface area contributed by atoms with E-state index in [0.717, 1.165) is 32.9 Å². The van der Waals surface area contributed by atoms with Crippen LogP contribution in [0.1, 0.15) is 34.0 Å². The van der Waals surface area contributed by atoms with Gasteiger partial charge in [-0.3, -0.25) is 9.55 Å². The van der Waals surface area contributed by atoms with Crippen LogP contribution in [0.15, 0.2) is 67.1 Å². The molecule has 0 amide bonds. The number of pyridine rings is 1. The minimum atomic E-state index is -0.527. The first kappa shape index (κ1) is 23.8. The Morgan fingerprint density at radius 2 is 1.92 bits per heavy atom. The highest BCUT2D eigenvalue weighted by Gasteiger charge is 2.23. The lowest BCUT2D eigenvalue weighted by Gasteiger charge is -2.16. The fraction of sp³-hybridized carbons (Fsp3) is 0.148. The van der Waals surface area contributed by atoms with E-state index in [1.807, 2.05) is 41.8 Å². The summed E-state index contributed by atoms with van der Waals surface area (Å²) >= 11 is 7.51. The Morgan fingerprint density at radius 3 is 2.69 bits per heavy atom. The number of aryl methyl sites for hydroxylation is 1. The van der Waals surface area contributed by atoms with Crippen LogP contribution in [0.2, 0.25) is 5.02 Å². The van der Waals surface area contributed by atoms with Crippen LogP contribution < -0.4 is 4.74 Å². The number of benzene rings is 2. The van der Waals surface area contributed by atoms with Gasteiger partial charge in [0, 0.05) is 23.5 Å². The van der Waals surface area contributed by atoms with Crippen LogP contribution >= 0.6 is 22.9 Å². The zero-order valence-corrected chi connectivity index (χ0v) is 21.3. The molecule has 182 valence electrons. The van der Waals surface area contributed by atoms with E-state index >= 15 is 0 Å². The maximum atomic E-state index is 12.6. The molecular formula is C27H22ClN3O4S. The lowest BCUT2D eigenvalue weighted by molar-refractivity contribution is 0.0600. The number of hydrogen-bond acceptors (Lipinski definition) is 7. The van der Waals surface area contributed by atoms with Gasteiger partial charge < -0.3 is 14.6 Å². The van der Waals surface area contributed by atoms with Crippen LogP contribution in [0.25, 0.3) is 27.2 Å². The number of ether oxygens (including phenoxy) is 2. The number of esters is 1. The number of carbonyl (C=O) groups is 1. The number of aromatic nitrogens is 3. The summed E-state index contributed by atoms with van der Waals surface area (Å²) in [6.07, 6.45) is 2.99. The topological polar surface area (TPSA) is 86.5 Å². The second-order valence-electron chi connectivity index (χ2n) is 8.21. The maximum Gasteiger partial charge on any atom is 0.351 e. The number of hydrogen-bond donors (Lipinski definition) is 1. The molecule has 0 fully saturated rings. The number of carbonyl (C=O) groups excluding carboxylic acids is 1. The first-order valence-electron chi connectivity index (χ1n) is 11.1. The molecule has 7 nitrogen and oxygen atoms in total. The number of aromatic hydroxyl groups is 1. The second-order valence-corrected chi connectivity index (χ2v) is 9.62. The number of halogens is 1. The molecule has 0 spiro atoms. The highest BCUT2D eigenvalue weighted by atomic mass is 35.5. The standard InChI is InChI=1S/C27H22ClN3O4S/c1-15-11-18(9-10-29-15)17-7-8-21-20(12-17)30-14-31(21)24-13-23(26(36-24)27(33)34-3)35-16(2)19-5-4-6-22(32)25(19)28/h4-14,16,32H,1-3H3. The molecule has 1 unspecified atom stereocenters. The summed E-state index contributed by atoms with van der Waals surface area (Å²) in [4.78, 5) is 21.7. The summed E-state index contributed by atoms with van der Waals surface area (Å²) in [6.45, 7) is 3.76. The number of phenols is 1. The summed E-state index contributed by atoms with van der Waals surface area (Å²) in [5.41, 5.74) is 5.36. The first-order chi connectivity index (χ1) is 17.4. The quantitative estimate of drug-likeness (QED) is 0.250.